The lowest BCUT2D eigenvalue weighted by molar-refractivity contribution is 0.552. The summed E-state index contributed by atoms with van der Waals surface area (Å²) in [6, 6.07) is 6.36. The maximum absolute atomic E-state index is 11.5. The van der Waals surface area contributed by atoms with Gasteiger partial charge in [-0.1, -0.05) is 26.0 Å². The van der Waals surface area contributed by atoms with Crippen LogP contribution >= 0.6 is 0 Å². The standard InChI is InChI=1S/C18H23N3O2S/c1-13-19-10-15(11-20-13)14-5-6-16-17(9-14)21(12-18(16,2)3)7-8-24(4,22)23/h5-6,9-11H,7-8,12H2,1-4H3. The van der Waals surface area contributed by atoms with E-state index >= 15 is 0 Å². The van der Waals surface area contributed by atoms with Gasteiger partial charge >= 0.3 is 0 Å². The first-order valence-electron chi connectivity index (χ1n) is 8.02. The van der Waals surface area contributed by atoms with Gasteiger partial charge in [0.2, 0.25) is 0 Å². The molecule has 0 unspecified atom stereocenters. The molecule has 0 aliphatic carbocycles. The Balaban J connectivity index is 1.97. The summed E-state index contributed by atoms with van der Waals surface area (Å²) in [5, 5.41) is 0. The highest BCUT2D eigenvalue weighted by Crippen LogP contribution is 2.42. The van der Waals surface area contributed by atoms with Crippen LogP contribution in [0, 0.1) is 6.92 Å². The van der Waals surface area contributed by atoms with Crippen molar-refractivity contribution in [2.75, 3.05) is 30.0 Å². The molecule has 0 fully saturated rings. The molecule has 1 aliphatic heterocycles. The summed E-state index contributed by atoms with van der Waals surface area (Å²) < 4.78 is 23.1. The Kier molecular flexibility index (Phi) is 4.11. The number of rotatable bonds is 4. The van der Waals surface area contributed by atoms with Crippen LogP contribution in [0.5, 0.6) is 0 Å². The predicted molar refractivity (Wildman–Crippen MR) is 97.2 cm³/mol. The highest BCUT2D eigenvalue weighted by Gasteiger charge is 2.35. The van der Waals surface area contributed by atoms with Crippen molar-refractivity contribution in [2.24, 2.45) is 0 Å². The summed E-state index contributed by atoms with van der Waals surface area (Å²) in [5.41, 5.74) is 4.40. The first-order chi connectivity index (χ1) is 11.2. The minimum atomic E-state index is -2.98. The molecule has 0 saturated heterocycles. The molecule has 0 bridgehead atoms. The maximum Gasteiger partial charge on any atom is 0.149 e. The van der Waals surface area contributed by atoms with Gasteiger partial charge in [-0.15, -0.1) is 0 Å². The molecule has 0 atom stereocenters. The third-order valence-corrected chi connectivity index (χ3v) is 5.42. The fraction of sp³-hybridized carbons (Fsp3) is 0.444. The van der Waals surface area contributed by atoms with E-state index in [-0.39, 0.29) is 11.2 Å². The summed E-state index contributed by atoms with van der Waals surface area (Å²) in [7, 11) is -2.98. The van der Waals surface area contributed by atoms with Gasteiger partial charge in [0.1, 0.15) is 15.7 Å². The molecule has 1 aromatic carbocycles. The van der Waals surface area contributed by atoms with Crippen LogP contribution in [0.25, 0.3) is 11.1 Å². The van der Waals surface area contributed by atoms with Crippen LogP contribution in [0.1, 0.15) is 25.2 Å². The lowest BCUT2D eigenvalue weighted by atomic mass is 9.86. The van der Waals surface area contributed by atoms with Crippen molar-refractivity contribution in [3.8, 4) is 11.1 Å². The van der Waals surface area contributed by atoms with Crippen molar-refractivity contribution < 1.29 is 8.42 Å². The molecule has 0 radical (unpaired) electrons. The largest absolute Gasteiger partial charge is 0.369 e. The van der Waals surface area contributed by atoms with Crippen molar-refractivity contribution >= 4 is 15.5 Å². The number of benzene rings is 1. The molecule has 5 nitrogen and oxygen atoms in total. The van der Waals surface area contributed by atoms with Crippen LogP contribution in [0.3, 0.4) is 0 Å². The molecule has 1 aromatic heterocycles. The Bertz CT molecular complexity index is 858. The van der Waals surface area contributed by atoms with Crippen LogP contribution in [0.2, 0.25) is 0 Å². The number of fused-ring (bicyclic) bond motifs is 1. The van der Waals surface area contributed by atoms with E-state index in [0.29, 0.717) is 6.54 Å². The molecule has 128 valence electrons. The third-order valence-electron chi connectivity index (χ3n) is 4.50. The normalized spacial score (nSPS) is 16.2. The van der Waals surface area contributed by atoms with E-state index in [1.807, 2.05) is 19.3 Å². The Morgan fingerprint density at radius 2 is 1.83 bits per heavy atom. The summed E-state index contributed by atoms with van der Waals surface area (Å²) in [5.74, 6) is 0.913. The number of nitrogens with zero attached hydrogens (tertiary/aromatic N) is 3. The fourth-order valence-corrected chi connectivity index (χ4v) is 3.76. The number of anilines is 1. The molecule has 0 amide bonds. The van der Waals surface area contributed by atoms with Gasteiger partial charge in [0, 0.05) is 48.4 Å². The Morgan fingerprint density at radius 3 is 2.46 bits per heavy atom. The van der Waals surface area contributed by atoms with E-state index in [9.17, 15) is 8.42 Å². The second kappa shape index (κ2) is 5.84. The van der Waals surface area contributed by atoms with Crippen molar-refractivity contribution in [1.82, 2.24) is 9.97 Å². The lowest BCUT2D eigenvalue weighted by Gasteiger charge is -2.22. The van der Waals surface area contributed by atoms with E-state index in [0.717, 1.165) is 29.2 Å². The summed E-state index contributed by atoms with van der Waals surface area (Å²) in [4.78, 5) is 10.7. The molecule has 0 spiro atoms. The second-order valence-corrected chi connectivity index (χ2v) is 9.45. The van der Waals surface area contributed by atoms with Gasteiger partial charge in [0.05, 0.1) is 5.75 Å². The highest BCUT2D eigenvalue weighted by molar-refractivity contribution is 7.90. The smallest absolute Gasteiger partial charge is 0.149 e. The number of hydrogen-bond acceptors (Lipinski definition) is 5. The van der Waals surface area contributed by atoms with E-state index in [4.69, 9.17) is 0 Å². The molecule has 1 aliphatic rings. The second-order valence-electron chi connectivity index (χ2n) is 7.19. The first-order valence-corrected chi connectivity index (χ1v) is 10.1. The molecule has 0 N–H and O–H groups in total. The zero-order valence-electron chi connectivity index (χ0n) is 14.6. The van der Waals surface area contributed by atoms with Gasteiger partial charge in [-0.05, 0) is 24.1 Å². The minimum absolute atomic E-state index is 0.00907. The number of hydrogen-bond donors (Lipinski definition) is 0. The summed E-state index contributed by atoms with van der Waals surface area (Å²) >= 11 is 0. The number of sulfone groups is 1. The van der Waals surface area contributed by atoms with Gasteiger partial charge in [0.15, 0.2) is 0 Å². The molecule has 2 heterocycles. The zero-order chi connectivity index (χ0) is 17.5. The topological polar surface area (TPSA) is 63.2 Å². The van der Waals surface area contributed by atoms with E-state index in [1.54, 1.807) is 0 Å². The maximum atomic E-state index is 11.5. The molecule has 6 heteroatoms. The average Bonchev–Trinajstić information content (AvgIpc) is 2.76. The molecular formula is C18H23N3O2S. The first kappa shape index (κ1) is 16.9. The van der Waals surface area contributed by atoms with Gasteiger partial charge in [0.25, 0.3) is 0 Å². The van der Waals surface area contributed by atoms with Crippen molar-refractivity contribution in [2.45, 2.75) is 26.2 Å². The summed E-state index contributed by atoms with van der Waals surface area (Å²) in [6.07, 6.45) is 4.94. The Morgan fingerprint density at radius 1 is 1.17 bits per heavy atom. The lowest BCUT2D eigenvalue weighted by Crippen LogP contribution is -2.32. The van der Waals surface area contributed by atoms with Crippen LogP contribution < -0.4 is 4.90 Å². The van der Waals surface area contributed by atoms with Gasteiger partial charge < -0.3 is 4.90 Å². The molecule has 3 rings (SSSR count). The number of aryl methyl sites for hydroxylation is 1. The molecular weight excluding hydrogens is 322 g/mol. The van der Waals surface area contributed by atoms with Crippen molar-refractivity contribution in [3.05, 3.63) is 42.0 Å². The zero-order valence-corrected chi connectivity index (χ0v) is 15.4. The number of aromatic nitrogens is 2. The third kappa shape index (κ3) is 3.43. The Labute approximate surface area is 143 Å². The van der Waals surface area contributed by atoms with E-state index in [2.05, 4.69) is 46.9 Å². The molecule has 2 aromatic rings. The van der Waals surface area contributed by atoms with Gasteiger partial charge in [-0.3, -0.25) is 0 Å². The van der Waals surface area contributed by atoms with Crippen LogP contribution in [-0.2, 0) is 15.3 Å². The molecule has 24 heavy (non-hydrogen) atoms. The summed E-state index contributed by atoms with van der Waals surface area (Å²) in [6.45, 7) is 7.60. The van der Waals surface area contributed by atoms with E-state index in [1.165, 1.54) is 11.8 Å². The van der Waals surface area contributed by atoms with E-state index < -0.39 is 9.84 Å². The van der Waals surface area contributed by atoms with Crippen molar-refractivity contribution in [1.29, 1.82) is 0 Å². The predicted octanol–water partition coefficient (Wildman–Crippen LogP) is 2.59. The fourth-order valence-electron chi connectivity index (χ4n) is 3.21. The van der Waals surface area contributed by atoms with Crippen molar-refractivity contribution in [3.63, 3.8) is 0 Å². The highest BCUT2D eigenvalue weighted by atomic mass is 32.2. The quantitative estimate of drug-likeness (QED) is 0.852. The minimum Gasteiger partial charge on any atom is -0.369 e. The van der Waals surface area contributed by atoms with Gasteiger partial charge in [-0.2, -0.15) is 0 Å². The van der Waals surface area contributed by atoms with Crippen LogP contribution in [-0.4, -0.2) is 43.5 Å². The molecule has 0 saturated carbocycles. The Hall–Kier alpha value is -1.95. The SMILES string of the molecule is Cc1ncc(-c2ccc3c(c2)N(CCS(C)(=O)=O)CC3(C)C)cn1. The van der Waals surface area contributed by atoms with Crippen LogP contribution in [0.15, 0.2) is 30.6 Å². The average molecular weight is 345 g/mol. The van der Waals surface area contributed by atoms with Gasteiger partial charge in [-0.25, -0.2) is 18.4 Å². The monoisotopic (exact) mass is 345 g/mol. The van der Waals surface area contributed by atoms with Crippen LogP contribution in [0.4, 0.5) is 5.69 Å².